The van der Waals surface area contributed by atoms with Gasteiger partial charge in [-0.05, 0) is 56.5 Å². The molecule has 0 bridgehead atoms. The molecule has 0 unspecified atom stereocenters. The third-order valence-corrected chi connectivity index (χ3v) is 5.76. The predicted molar refractivity (Wildman–Crippen MR) is 111 cm³/mol. The van der Waals surface area contributed by atoms with E-state index in [9.17, 15) is 13.2 Å². The van der Waals surface area contributed by atoms with Crippen LogP contribution in [-0.2, 0) is 21.2 Å². The van der Waals surface area contributed by atoms with Crippen LogP contribution in [0.3, 0.4) is 0 Å². The van der Waals surface area contributed by atoms with Crippen LogP contribution in [0.5, 0.6) is 0 Å². The zero-order chi connectivity index (χ0) is 20.0. The predicted octanol–water partition coefficient (Wildman–Crippen LogP) is 3.63. The summed E-state index contributed by atoms with van der Waals surface area (Å²) in [5, 5.41) is 3.41. The number of carbonyl (C=O) groups is 1. The average molecular weight is 409 g/mol. The van der Waals surface area contributed by atoms with E-state index >= 15 is 0 Å². The van der Waals surface area contributed by atoms with Gasteiger partial charge in [0.1, 0.15) is 6.04 Å². The number of aryl methyl sites for hydroxylation is 1. The van der Waals surface area contributed by atoms with Crippen molar-refractivity contribution in [2.75, 3.05) is 10.6 Å². The van der Waals surface area contributed by atoms with E-state index in [4.69, 9.17) is 11.6 Å². The Kier molecular flexibility index (Phi) is 7.27. The first-order valence-corrected chi connectivity index (χ1v) is 11.0. The van der Waals surface area contributed by atoms with Gasteiger partial charge in [0, 0.05) is 11.1 Å². The fraction of sp³-hybridized carbons (Fsp3) is 0.350. The van der Waals surface area contributed by atoms with E-state index in [1.807, 2.05) is 37.3 Å². The number of anilines is 1. The van der Waals surface area contributed by atoms with Gasteiger partial charge >= 0.3 is 0 Å². The molecule has 0 aliphatic heterocycles. The second-order valence-corrected chi connectivity index (χ2v) is 8.94. The van der Waals surface area contributed by atoms with Gasteiger partial charge in [-0.15, -0.1) is 0 Å². The lowest BCUT2D eigenvalue weighted by Gasteiger charge is -2.29. The summed E-state index contributed by atoms with van der Waals surface area (Å²) < 4.78 is 25.7. The van der Waals surface area contributed by atoms with Gasteiger partial charge in [0.05, 0.1) is 11.9 Å². The molecule has 2 rings (SSSR count). The highest BCUT2D eigenvalue weighted by Gasteiger charge is 2.29. The van der Waals surface area contributed by atoms with Crippen molar-refractivity contribution in [1.82, 2.24) is 5.32 Å². The minimum absolute atomic E-state index is 0.0771. The molecular weight excluding hydrogens is 384 g/mol. The number of benzene rings is 2. The van der Waals surface area contributed by atoms with Gasteiger partial charge in [-0.3, -0.25) is 9.10 Å². The van der Waals surface area contributed by atoms with E-state index in [2.05, 4.69) is 5.32 Å². The van der Waals surface area contributed by atoms with Gasteiger partial charge in [0.25, 0.3) is 0 Å². The lowest BCUT2D eigenvalue weighted by molar-refractivity contribution is -0.122. The molecule has 2 aromatic carbocycles. The Labute approximate surface area is 166 Å². The molecule has 0 aliphatic rings. The van der Waals surface area contributed by atoms with Gasteiger partial charge < -0.3 is 5.32 Å². The second-order valence-electron chi connectivity index (χ2n) is 6.65. The summed E-state index contributed by atoms with van der Waals surface area (Å²) >= 11 is 5.88. The molecule has 27 heavy (non-hydrogen) atoms. The molecule has 2 aromatic rings. The number of sulfonamides is 1. The lowest BCUT2D eigenvalue weighted by atomic mass is 10.1. The highest BCUT2D eigenvalue weighted by atomic mass is 35.5. The molecule has 146 valence electrons. The largest absolute Gasteiger partial charge is 0.352 e. The van der Waals surface area contributed by atoms with Crippen molar-refractivity contribution < 1.29 is 13.2 Å². The minimum atomic E-state index is -3.64. The van der Waals surface area contributed by atoms with E-state index < -0.39 is 16.1 Å². The zero-order valence-corrected chi connectivity index (χ0v) is 17.3. The van der Waals surface area contributed by atoms with Crippen molar-refractivity contribution in [2.24, 2.45) is 0 Å². The molecule has 0 aromatic heterocycles. The van der Waals surface area contributed by atoms with Crippen LogP contribution in [0.2, 0.25) is 5.02 Å². The van der Waals surface area contributed by atoms with Crippen LogP contribution >= 0.6 is 11.6 Å². The molecule has 0 saturated carbocycles. The number of hydrogen-bond donors (Lipinski definition) is 1. The Morgan fingerprint density at radius 2 is 1.67 bits per heavy atom. The van der Waals surface area contributed by atoms with Crippen molar-refractivity contribution in [3.8, 4) is 0 Å². The van der Waals surface area contributed by atoms with Crippen molar-refractivity contribution in [3.63, 3.8) is 0 Å². The standard InChI is InChI=1S/C20H25ClN2O3S/c1-15(9-10-17-7-5-4-6-8-17)22-20(24)16(2)23(27(3,25)26)19-13-11-18(21)12-14-19/h4-8,11-16H,9-10H2,1-3H3,(H,22,24)/t15-,16-/m1/s1. The van der Waals surface area contributed by atoms with E-state index in [0.717, 1.165) is 23.4 Å². The number of halogens is 1. The lowest BCUT2D eigenvalue weighted by Crippen LogP contribution is -2.49. The van der Waals surface area contributed by atoms with Crippen LogP contribution in [0.15, 0.2) is 54.6 Å². The quantitative estimate of drug-likeness (QED) is 0.725. The van der Waals surface area contributed by atoms with Crippen molar-refractivity contribution >= 4 is 33.2 Å². The van der Waals surface area contributed by atoms with Gasteiger partial charge in [0.15, 0.2) is 0 Å². The summed E-state index contributed by atoms with van der Waals surface area (Å²) in [6.45, 7) is 3.50. The van der Waals surface area contributed by atoms with Gasteiger partial charge in [0.2, 0.25) is 15.9 Å². The topological polar surface area (TPSA) is 66.5 Å². The monoisotopic (exact) mass is 408 g/mol. The molecule has 0 heterocycles. The molecule has 0 spiro atoms. The minimum Gasteiger partial charge on any atom is -0.352 e. The third kappa shape index (κ3) is 6.26. The number of hydrogen-bond acceptors (Lipinski definition) is 3. The molecule has 0 aliphatic carbocycles. The molecule has 0 saturated heterocycles. The van der Waals surface area contributed by atoms with E-state index in [1.54, 1.807) is 31.2 Å². The summed E-state index contributed by atoms with van der Waals surface area (Å²) in [6.07, 6.45) is 2.69. The molecular formula is C20H25ClN2O3S. The average Bonchev–Trinajstić information content (AvgIpc) is 2.61. The first-order valence-electron chi connectivity index (χ1n) is 8.77. The fourth-order valence-electron chi connectivity index (χ4n) is 2.86. The van der Waals surface area contributed by atoms with Gasteiger partial charge in [-0.2, -0.15) is 0 Å². The Balaban J connectivity index is 2.04. The highest BCUT2D eigenvalue weighted by molar-refractivity contribution is 7.92. The fourth-order valence-corrected chi connectivity index (χ4v) is 4.16. The third-order valence-electron chi connectivity index (χ3n) is 4.27. The number of amides is 1. The van der Waals surface area contributed by atoms with Crippen molar-refractivity contribution in [1.29, 1.82) is 0 Å². The van der Waals surface area contributed by atoms with Crippen LogP contribution in [0, 0.1) is 0 Å². The first-order chi connectivity index (χ1) is 12.7. The van der Waals surface area contributed by atoms with Gasteiger partial charge in [-0.25, -0.2) is 8.42 Å². The maximum absolute atomic E-state index is 12.6. The number of nitrogens with zero attached hydrogens (tertiary/aromatic N) is 1. The molecule has 0 radical (unpaired) electrons. The van der Waals surface area contributed by atoms with Crippen LogP contribution in [0.4, 0.5) is 5.69 Å². The van der Waals surface area contributed by atoms with Crippen molar-refractivity contribution in [3.05, 3.63) is 65.2 Å². The molecule has 0 fully saturated rings. The van der Waals surface area contributed by atoms with Crippen LogP contribution < -0.4 is 9.62 Å². The normalized spacial score (nSPS) is 13.6. The highest BCUT2D eigenvalue weighted by Crippen LogP contribution is 2.23. The van der Waals surface area contributed by atoms with E-state index in [1.165, 1.54) is 5.56 Å². The Hall–Kier alpha value is -2.05. The number of nitrogens with one attached hydrogen (secondary N) is 1. The van der Waals surface area contributed by atoms with Crippen LogP contribution in [0.25, 0.3) is 0 Å². The molecule has 5 nitrogen and oxygen atoms in total. The number of carbonyl (C=O) groups excluding carboxylic acids is 1. The summed E-state index contributed by atoms with van der Waals surface area (Å²) in [4.78, 5) is 12.6. The number of rotatable bonds is 8. The summed E-state index contributed by atoms with van der Waals surface area (Å²) in [5.74, 6) is -0.337. The maximum atomic E-state index is 12.6. The van der Waals surface area contributed by atoms with Crippen LogP contribution in [-0.4, -0.2) is 32.7 Å². The molecule has 7 heteroatoms. The Morgan fingerprint density at radius 1 is 1.07 bits per heavy atom. The summed E-state index contributed by atoms with van der Waals surface area (Å²) in [7, 11) is -3.64. The summed E-state index contributed by atoms with van der Waals surface area (Å²) in [5.41, 5.74) is 1.60. The summed E-state index contributed by atoms with van der Waals surface area (Å²) in [6, 6.07) is 15.4. The second kappa shape index (κ2) is 9.24. The Bertz CT molecular complexity index is 855. The SMILES string of the molecule is C[C@H](CCc1ccccc1)NC(=O)[C@@H](C)N(c1ccc(Cl)cc1)S(C)(=O)=O. The maximum Gasteiger partial charge on any atom is 0.243 e. The Morgan fingerprint density at radius 3 is 2.22 bits per heavy atom. The van der Waals surface area contributed by atoms with E-state index in [0.29, 0.717) is 10.7 Å². The molecule has 2 atom stereocenters. The van der Waals surface area contributed by atoms with Crippen LogP contribution in [0.1, 0.15) is 25.8 Å². The van der Waals surface area contributed by atoms with Crippen molar-refractivity contribution in [2.45, 2.75) is 38.8 Å². The zero-order valence-electron chi connectivity index (χ0n) is 15.7. The molecule has 1 amide bonds. The molecule has 1 N–H and O–H groups in total. The smallest absolute Gasteiger partial charge is 0.243 e. The van der Waals surface area contributed by atoms with E-state index in [-0.39, 0.29) is 11.9 Å². The first kappa shape index (κ1) is 21.3. The van der Waals surface area contributed by atoms with Gasteiger partial charge in [-0.1, -0.05) is 41.9 Å².